The van der Waals surface area contributed by atoms with Crippen molar-refractivity contribution in [3.05, 3.63) is 59.9 Å². The van der Waals surface area contributed by atoms with Gasteiger partial charge in [-0.3, -0.25) is 4.79 Å². The molecule has 0 bridgehead atoms. The molecule has 10 heteroatoms. The monoisotopic (exact) mass is 474 g/mol. The summed E-state index contributed by atoms with van der Waals surface area (Å²) >= 11 is 0. The Morgan fingerprint density at radius 2 is 1.79 bits per heavy atom. The standard InChI is InChI=1S/C23H24F2N4O3S/c24-16-7-8-17(25)21(14-16)33(31,32)28-12-9-15(10-13-28)23(30)29-11-3-6-20(29)22-26-18-4-1-2-5-19(18)27-22/h1-2,4-5,7-8,14-15,20H,3,6,9-13H2,(H,26,27). The number of carbonyl (C=O) groups excluding carboxylic acids is 1. The first-order chi connectivity index (χ1) is 15.8. The summed E-state index contributed by atoms with van der Waals surface area (Å²) in [5.41, 5.74) is 1.78. The van der Waals surface area contributed by atoms with E-state index in [2.05, 4.69) is 9.97 Å². The Balaban J connectivity index is 1.28. The van der Waals surface area contributed by atoms with Gasteiger partial charge in [-0.05, 0) is 56.0 Å². The lowest BCUT2D eigenvalue weighted by atomic mass is 9.96. The van der Waals surface area contributed by atoms with Crippen LogP contribution in [-0.4, -0.2) is 53.1 Å². The highest BCUT2D eigenvalue weighted by atomic mass is 32.2. The van der Waals surface area contributed by atoms with Crippen molar-refractivity contribution in [1.82, 2.24) is 19.2 Å². The van der Waals surface area contributed by atoms with Crippen molar-refractivity contribution in [3.63, 3.8) is 0 Å². The van der Waals surface area contributed by atoms with E-state index in [1.165, 1.54) is 0 Å². The Labute approximate surface area is 190 Å². The van der Waals surface area contributed by atoms with E-state index in [0.29, 0.717) is 25.5 Å². The number of fused-ring (bicyclic) bond motifs is 1. The number of benzene rings is 2. The molecule has 1 unspecified atom stereocenters. The average Bonchev–Trinajstić information content (AvgIpc) is 3.47. The molecule has 5 rings (SSSR count). The van der Waals surface area contributed by atoms with Crippen molar-refractivity contribution in [1.29, 1.82) is 0 Å². The quantitative estimate of drug-likeness (QED) is 0.626. The van der Waals surface area contributed by atoms with Crippen LogP contribution in [0.25, 0.3) is 11.0 Å². The second kappa shape index (κ2) is 8.49. The predicted molar refractivity (Wildman–Crippen MR) is 118 cm³/mol. The Hall–Kier alpha value is -2.85. The number of piperidine rings is 1. The first-order valence-electron chi connectivity index (χ1n) is 11.0. The van der Waals surface area contributed by atoms with Crippen LogP contribution in [-0.2, 0) is 14.8 Å². The molecule has 1 N–H and O–H groups in total. The topological polar surface area (TPSA) is 86.4 Å². The third kappa shape index (κ3) is 4.02. The molecular weight excluding hydrogens is 450 g/mol. The fourth-order valence-electron chi connectivity index (χ4n) is 4.84. The highest BCUT2D eigenvalue weighted by molar-refractivity contribution is 7.89. The molecule has 174 valence electrons. The zero-order chi connectivity index (χ0) is 23.2. The molecule has 3 aromatic rings. The zero-order valence-corrected chi connectivity index (χ0v) is 18.7. The van der Waals surface area contributed by atoms with Crippen LogP contribution in [0.2, 0.25) is 0 Å². The van der Waals surface area contributed by atoms with E-state index < -0.39 is 26.6 Å². The van der Waals surface area contributed by atoms with Gasteiger partial charge in [-0.15, -0.1) is 0 Å². The van der Waals surface area contributed by atoms with Gasteiger partial charge in [0.1, 0.15) is 22.4 Å². The smallest absolute Gasteiger partial charge is 0.246 e. The van der Waals surface area contributed by atoms with E-state index in [4.69, 9.17) is 0 Å². The number of sulfonamides is 1. The van der Waals surface area contributed by atoms with E-state index in [1.807, 2.05) is 29.2 Å². The third-order valence-corrected chi connectivity index (χ3v) is 8.49. The second-order valence-corrected chi connectivity index (χ2v) is 10.5. The van der Waals surface area contributed by atoms with Crippen LogP contribution in [0.5, 0.6) is 0 Å². The molecule has 7 nitrogen and oxygen atoms in total. The van der Waals surface area contributed by atoms with Gasteiger partial charge in [0.15, 0.2) is 0 Å². The van der Waals surface area contributed by atoms with Gasteiger partial charge in [-0.1, -0.05) is 12.1 Å². The zero-order valence-electron chi connectivity index (χ0n) is 17.9. The second-order valence-electron chi connectivity index (χ2n) is 8.58. The number of rotatable bonds is 4. The first-order valence-corrected chi connectivity index (χ1v) is 12.5. The number of nitrogens with one attached hydrogen (secondary N) is 1. The first kappa shape index (κ1) is 22.0. The largest absolute Gasteiger partial charge is 0.340 e. The highest BCUT2D eigenvalue weighted by Crippen LogP contribution is 2.35. The summed E-state index contributed by atoms with van der Waals surface area (Å²) in [6.07, 6.45) is 2.36. The molecule has 2 aromatic carbocycles. The van der Waals surface area contributed by atoms with E-state index in [-0.39, 0.29) is 31.0 Å². The van der Waals surface area contributed by atoms with Gasteiger partial charge >= 0.3 is 0 Å². The maximum atomic E-state index is 14.1. The number of amides is 1. The number of hydrogen-bond acceptors (Lipinski definition) is 4. The third-order valence-electron chi connectivity index (χ3n) is 6.57. The Morgan fingerprint density at radius 3 is 2.55 bits per heavy atom. The number of para-hydroxylation sites is 2. The molecule has 1 aromatic heterocycles. The number of H-pyrrole nitrogens is 1. The van der Waals surface area contributed by atoms with E-state index in [0.717, 1.165) is 46.1 Å². The minimum atomic E-state index is -4.17. The summed E-state index contributed by atoms with van der Waals surface area (Å²) in [6, 6.07) is 9.98. The van der Waals surface area contributed by atoms with Crippen LogP contribution < -0.4 is 0 Å². The average molecular weight is 475 g/mol. The summed E-state index contributed by atoms with van der Waals surface area (Å²) in [5.74, 6) is -1.36. The lowest BCUT2D eigenvalue weighted by Crippen LogP contribution is -2.44. The van der Waals surface area contributed by atoms with Crippen LogP contribution >= 0.6 is 0 Å². The van der Waals surface area contributed by atoms with Gasteiger partial charge in [-0.2, -0.15) is 4.31 Å². The van der Waals surface area contributed by atoms with Gasteiger partial charge in [0.2, 0.25) is 15.9 Å². The van der Waals surface area contributed by atoms with Crippen molar-refractivity contribution in [3.8, 4) is 0 Å². The van der Waals surface area contributed by atoms with Crippen molar-refractivity contribution in [2.75, 3.05) is 19.6 Å². The number of aromatic nitrogens is 2. The maximum Gasteiger partial charge on any atom is 0.246 e. The maximum absolute atomic E-state index is 14.1. The minimum Gasteiger partial charge on any atom is -0.340 e. The summed E-state index contributed by atoms with van der Waals surface area (Å²) < 4.78 is 54.4. The summed E-state index contributed by atoms with van der Waals surface area (Å²) in [4.78, 5) is 22.5. The van der Waals surface area contributed by atoms with Crippen molar-refractivity contribution in [2.45, 2.75) is 36.6 Å². The number of imidazole rings is 1. The number of hydrogen-bond donors (Lipinski definition) is 1. The number of aromatic amines is 1. The molecular formula is C23H24F2N4O3S. The summed E-state index contributed by atoms with van der Waals surface area (Å²) in [5, 5.41) is 0. The number of likely N-dealkylation sites (tertiary alicyclic amines) is 1. The van der Waals surface area contributed by atoms with Gasteiger partial charge < -0.3 is 9.88 Å². The predicted octanol–water partition coefficient (Wildman–Crippen LogP) is 3.61. The van der Waals surface area contributed by atoms with Gasteiger partial charge in [-0.25, -0.2) is 22.2 Å². The highest BCUT2D eigenvalue weighted by Gasteiger charge is 2.39. The minimum absolute atomic E-state index is 0.00746. The fourth-order valence-corrected chi connectivity index (χ4v) is 6.38. The lowest BCUT2D eigenvalue weighted by molar-refractivity contribution is -0.137. The van der Waals surface area contributed by atoms with Gasteiger partial charge in [0, 0.05) is 25.6 Å². The molecule has 1 amide bonds. The Kier molecular flexibility index (Phi) is 5.65. The van der Waals surface area contributed by atoms with Crippen molar-refractivity contribution < 1.29 is 22.0 Å². The van der Waals surface area contributed by atoms with E-state index >= 15 is 0 Å². The summed E-state index contributed by atoms with van der Waals surface area (Å²) in [7, 11) is -4.17. The fraction of sp³-hybridized carbons (Fsp3) is 0.391. The molecule has 0 radical (unpaired) electrons. The summed E-state index contributed by atoms with van der Waals surface area (Å²) in [6.45, 7) is 0.795. The van der Waals surface area contributed by atoms with Crippen LogP contribution in [0.15, 0.2) is 47.4 Å². The molecule has 0 saturated carbocycles. The molecule has 1 atom stereocenters. The normalized spacial score (nSPS) is 20.5. The van der Waals surface area contributed by atoms with Crippen LogP contribution in [0.4, 0.5) is 8.78 Å². The number of nitrogens with zero attached hydrogens (tertiary/aromatic N) is 3. The Morgan fingerprint density at radius 1 is 1.03 bits per heavy atom. The van der Waals surface area contributed by atoms with Crippen LogP contribution in [0.1, 0.15) is 37.5 Å². The van der Waals surface area contributed by atoms with Crippen molar-refractivity contribution in [2.24, 2.45) is 5.92 Å². The van der Waals surface area contributed by atoms with Gasteiger partial charge in [0.05, 0.1) is 17.1 Å². The number of halogens is 2. The number of carbonyl (C=O) groups is 1. The lowest BCUT2D eigenvalue weighted by Gasteiger charge is -2.34. The molecule has 2 saturated heterocycles. The SMILES string of the molecule is O=C(C1CCN(S(=O)(=O)c2cc(F)ccc2F)CC1)N1CCCC1c1nc2ccccc2[nH]1. The molecule has 2 aliphatic rings. The molecule has 3 heterocycles. The van der Waals surface area contributed by atoms with E-state index in [1.54, 1.807) is 0 Å². The molecule has 2 aliphatic heterocycles. The van der Waals surface area contributed by atoms with E-state index in [9.17, 15) is 22.0 Å². The molecule has 33 heavy (non-hydrogen) atoms. The molecule has 0 spiro atoms. The van der Waals surface area contributed by atoms with Crippen LogP contribution in [0, 0.1) is 17.6 Å². The molecule has 2 fully saturated rings. The van der Waals surface area contributed by atoms with Crippen molar-refractivity contribution >= 4 is 27.0 Å². The van der Waals surface area contributed by atoms with Gasteiger partial charge in [0.25, 0.3) is 0 Å². The Bertz CT molecular complexity index is 1270. The molecule has 0 aliphatic carbocycles. The van der Waals surface area contributed by atoms with Crippen LogP contribution in [0.3, 0.4) is 0 Å².